The number of halogens is 1. The van der Waals surface area contributed by atoms with Gasteiger partial charge in [0.2, 0.25) is 0 Å². The highest BCUT2D eigenvalue weighted by Gasteiger charge is 2.55. The summed E-state index contributed by atoms with van der Waals surface area (Å²) in [4.78, 5) is 25.7. The summed E-state index contributed by atoms with van der Waals surface area (Å²) in [5.41, 5.74) is -0.174. The lowest BCUT2D eigenvalue weighted by molar-refractivity contribution is -0.157. The molecule has 1 N–H and O–H groups in total. The van der Waals surface area contributed by atoms with Gasteiger partial charge >= 0.3 is 5.97 Å². The minimum absolute atomic E-state index is 0.0000964. The number of amides is 1. The number of aryl methyl sites for hydroxylation is 1. The molecule has 0 bridgehead atoms. The van der Waals surface area contributed by atoms with Gasteiger partial charge in [0.15, 0.2) is 0 Å². The average molecular weight is 307 g/mol. The molecule has 0 radical (unpaired) electrons. The lowest BCUT2D eigenvalue weighted by atomic mass is 9.74. The number of carboxylic acids is 1. The van der Waals surface area contributed by atoms with Crippen molar-refractivity contribution in [3.8, 4) is 0 Å². The third kappa shape index (κ3) is 2.27. The zero-order chi connectivity index (χ0) is 15.9. The van der Waals surface area contributed by atoms with Gasteiger partial charge in [0.25, 0.3) is 5.91 Å². The molecule has 2 heterocycles. The van der Waals surface area contributed by atoms with Gasteiger partial charge in [-0.1, -0.05) is 11.6 Å². The number of carbonyl (C=O) groups is 2. The second-order valence-electron chi connectivity index (χ2n) is 6.15. The Labute approximate surface area is 127 Å². The fraction of sp³-hybridized carbons (Fsp3) is 0.500. The Balaban J connectivity index is 1.89. The first kappa shape index (κ1) is 15.0. The number of likely N-dealkylation sites (tertiary alicyclic amines) is 1. The van der Waals surface area contributed by atoms with Crippen molar-refractivity contribution in [2.45, 2.75) is 13.3 Å². The van der Waals surface area contributed by atoms with E-state index in [1.807, 2.05) is 0 Å². The van der Waals surface area contributed by atoms with Gasteiger partial charge in [-0.25, -0.2) is 4.39 Å². The molecular formula is C16H18FNO4. The Morgan fingerprint density at radius 2 is 2.23 bits per heavy atom. The SMILES string of the molecule is Cc1ccc(F)c(C(=O)N2C[C@H]3COCC[C@@]3(C(=O)O)C2)c1. The maximum atomic E-state index is 13.9. The van der Waals surface area contributed by atoms with E-state index in [9.17, 15) is 19.1 Å². The molecule has 0 aliphatic carbocycles. The molecule has 2 saturated heterocycles. The van der Waals surface area contributed by atoms with Crippen LogP contribution in [0.25, 0.3) is 0 Å². The molecular weight excluding hydrogens is 289 g/mol. The Bertz CT molecular complexity index is 633. The van der Waals surface area contributed by atoms with Crippen LogP contribution in [0, 0.1) is 24.1 Å². The monoisotopic (exact) mass is 307 g/mol. The van der Waals surface area contributed by atoms with Crippen molar-refractivity contribution in [1.29, 1.82) is 0 Å². The molecule has 0 unspecified atom stereocenters. The number of carboxylic acid groups (broad SMARTS) is 1. The number of carbonyl (C=O) groups excluding carboxylic acids is 1. The molecule has 5 nitrogen and oxygen atoms in total. The molecule has 2 atom stereocenters. The van der Waals surface area contributed by atoms with Crippen LogP contribution >= 0.6 is 0 Å². The smallest absolute Gasteiger partial charge is 0.311 e. The lowest BCUT2D eigenvalue weighted by Crippen LogP contribution is -2.45. The third-order valence-corrected chi connectivity index (χ3v) is 4.77. The predicted molar refractivity (Wildman–Crippen MR) is 76.0 cm³/mol. The first-order valence-electron chi connectivity index (χ1n) is 7.30. The molecule has 1 amide bonds. The molecule has 0 saturated carbocycles. The molecule has 6 heteroatoms. The Kier molecular flexibility index (Phi) is 3.64. The van der Waals surface area contributed by atoms with Crippen molar-refractivity contribution in [1.82, 2.24) is 4.90 Å². The Morgan fingerprint density at radius 3 is 2.91 bits per heavy atom. The van der Waals surface area contributed by atoms with Crippen molar-refractivity contribution >= 4 is 11.9 Å². The first-order chi connectivity index (χ1) is 10.4. The number of benzene rings is 1. The van der Waals surface area contributed by atoms with Crippen LogP contribution in [0.4, 0.5) is 4.39 Å². The number of hydrogen-bond acceptors (Lipinski definition) is 3. The van der Waals surface area contributed by atoms with Crippen LogP contribution in [0.15, 0.2) is 18.2 Å². The standard InChI is InChI=1S/C16H18FNO4/c1-10-2-3-13(17)12(6-10)14(19)18-7-11-8-22-5-4-16(11,9-18)15(20)21/h2-3,6,11H,4-5,7-9H2,1H3,(H,20,21)/t11-,16+/m0/s1. The van der Waals surface area contributed by atoms with Crippen LogP contribution in [0.1, 0.15) is 22.3 Å². The molecule has 3 rings (SSSR count). The van der Waals surface area contributed by atoms with Gasteiger partial charge in [-0.15, -0.1) is 0 Å². The van der Waals surface area contributed by atoms with E-state index < -0.39 is 23.1 Å². The van der Waals surface area contributed by atoms with Gasteiger partial charge < -0.3 is 14.7 Å². The van der Waals surface area contributed by atoms with E-state index in [0.717, 1.165) is 5.56 Å². The minimum Gasteiger partial charge on any atom is -0.481 e. The maximum absolute atomic E-state index is 13.9. The summed E-state index contributed by atoms with van der Waals surface area (Å²) in [7, 11) is 0. The molecule has 0 aromatic heterocycles. The van der Waals surface area contributed by atoms with Crippen molar-refractivity contribution < 1.29 is 23.8 Å². The fourth-order valence-electron chi connectivity index (χ4n) is 3.43. The van der Waals surface area contributed by atoms with E-state index in [0.29, 0.717) is 26.2 Å². The summed E-state index contributed by atoms with van der Waals surface area (Å²) < 4.78 is 19.3. The maximum Gasteiger partial charge on any atom is 0.311 e. The number of fused-ring (bicyclic) bond motifs is 1. The van der Waals surface area contributed by atoms with Gasteiger partial charge in [0, 0.05) is 25.6 Å². The number of nitrogens with zero attached hydrogens (tertiary/aromatic N) is 1. The van der Waals surface area contributed by atoms with Crippen molar-refractivity contribution in [3.05, 3.63) is 35.1 Å². The largest absolute Gasteiger partial charge is 0.481 e. The predicted octanol–water partition coefficient (Wildman–Crippen LogP) is 1.70. The van der Waals surface area contributed by atoms with Crippen LogP contribution in [-0.2, 0) is 9.53 Å². The molecule has 0 spiro atoms. The van der Waals surface area contributed by atoms with E-state index in [2.05, 4.69) is 0 Å². The summed E-state index contributed by atoms with van der Waals surface area (Å²) in [6.45, 7) is 2.89. The second-order valence-corrected chi connectivity index (χ2v) is 6.15. The van der Waals surface area contributed by atoms with Crippen molar-refractivity contribution in [3.63, 3.8) is 0 Å². The van der Waals surface area contributed by atoms with Gasteiger partial charge in [-0.2, -0.15) is 0 Å². The molecule has 1 aromatic carbocycles. The van der Waals surface area contributed by atoms with Gasteiger partial charge in [-0.05, 0) is 25.5 Å². The normalized spacial score (nSPS) is 27.5. The van der Waals surface area contributed by atoms with Crippen LogP contribution in [-0.4, -0.2) is 48.2 Å². The first-order valence-corrected chi connectivity index (χ1v) is 7.30. The van der Waals surface area contributed by atoms with Crippen LogP contribution in [0.3, 0.4) is 0 Å². The third-order valence-electron chi connectivity index (χ3n) is 4.77. The topological polar surface area (TPSA) is 66.8 Å². The van der Waals surface area contributed by atoms with E-state index >= 15 is 0 Å². The van der Waals surface area contributed by atoms with E-state index in [1.54, 1.807) is 13.0 Å². The highest BCUT2D eigenvalue weighted by molar-refractivity contribution is 5.95. The van der Waals surface area contributed by atoms with Crippen molar-refractivity contribution in [2.24, 2.45) is 11.3 Å². The summed E-state index contributed by atoms with van der Waals surface area (Å²) >= 11 is 0. The zero-order valence-corrected chi connectivity index (χ0v) is 12.3. The molecule has 2 fully saturated rings. The number of rotatable bonds is 2. The summed E-state index contributed by atoms with van der Waals surface area (Å²) in [5, 5.41) is 9.60. The summed E-state index contributed by atoms with van der Waals surface area (Å²) in [6.07, 6.45) is 0.382. The van der Waals surface area contributed by atoms with E-state index in [4.69, 9.17) is 4.74 Å². The summed E-state index contributed by atoms with van der Waals surface area (Å²) in [6, 6.07) is 4.37. The fourth-order valence-corrected chi connectivity index (χ4v) is 3.43. The highest BCUT2D eigenvalue weighted by Crippen LogP contribution is 2.42. The van der Waals surface area contributed by atoms with E-state index in [1.165, 1.54) is 17.0 Å². The minimum atomic E-state index is -0.964. The number of ether oxygens (including phenoxy) is 1. The molecule has 2 aliphatic heterocycles. The van der Waals surface area contributed by atoms with Gasteiger partial charge in [-0.3, -0.25) is 9.59 Å². The summed E-state index contributed by atoms with van der Waals surface area (Å²) in [5.74, 6) is -2.17. The molecule has 2 aliphatic rings. The molecule has 1 aromatic rings. The van der Waals surface area contributed by atoms with Crippen LogP contribution < -0.4 is 0 Å². The average Bonchev–Trinajstić information content (AvgIpc) is 2.90. The Morgan fingerprint density at radius 1 is 1.45 bits per heavy atom. The van der Waals surface area contributed by atoms with Crippen molar-refractivity contribution in [2.75, 3.05) is 26.3 Å². The molecule has 22 heavy (non-hydrogen) atoms. The highest BCUT2D eigenvalue weighted by atomic mass is 19.1. The quantitative estimate of drug-likeness (QED) is 0.903. The van der Waals surface area contributed by atoms with Crippen LogP contribution in [0.5, 0.6) is 0 Å². The number of aliphatic carboxylic acids is 1. The van der Waals surface area contributed by atoms with Gasteiger partial charge in [0.1, 0.15) is 5.82 Å². The number of hydrogen-bond donors (Lipinski definition) is 1. The van der Waals surface area contributed by atoms with Gasteiger partial charge in [0.05, 0.1) is 17.6 Å². The lowest BCUT2D eigenvalue weighted by Gasteiger charge is -2.33. The molecule has 118 valence electrons. The van der Waals surface area contributed by atoms with E-state index in [-0.39, 0.29) is 18.0 Å². The van der Waals surface area contributed by atoms with Crippen LogP contribution in [0.2, 0.25) is 0 Å². The zero-order valence-electron chi connectivity index (χ0n) is 12.3. The Hall–Kier alpha value is -1.95. The second kappa shape index (κ2) is 5.35.